The number of nitrogens with two attached hydrogens (primary N) is 1. The molecule has 1 aromatic carbocycles. The molecule has 4 heteroatoms. The lowest BCUT2D eigenvalue weighted by Crippen LogP contribution is -2.22. The largest absolute Gasteiger partial charge is 0.363 e. The first kappa shape index (κ1) is 8.50. The van der Waals surface area contributed by atoms with Crippen molar-refractivity contribution in [1.82, 2.24) is 4.98 Å². The third-order valence-electron chi connectivity index (χ3n) is 2.04. The number of fused-ring (bicyclic) bond motifs is 1. The van der Waals surface area contributed by atoms with E-state index in [0.29, 0.717) is 5.56 Å². The van der Waals surface area contributed by atoms with E-state index in [0.717, 1.165) is 10.9 Å². The first-order valence-electron chi connectivity index (χ1n) is 4.10. The van der Waals surface area contributed by atoms with E-state index >= 15 is 0 Å². The maximum Gasteiger partial charge on any atom is 0.289 e. The molecule has 0 saturated carbocycles. The van der Waals surface area contributed by atoms with Crippen molar-refractivity contribution >= 4 is 22.6 Å². The molecule has 14 heavy (non-hydrogen) atoms. The van der Waals surface area contributed by atoms with Gasteiger partial charge in [-0.05, 0) is 17.5 Å². The van der Waals surface area contributed by atoms with Crippen LogP contribution in [0.15, 0.2) is 30.5 Å². The zero-order chi connectivity index (χ0) is 10.1. The van der Waals surface area contributed by atoms with E-state index in [1.54, 1.807) is 24.4 Å². The van der Waals surface area contributed by atoms with Crippen molar-refractivity contribution in [3.8, 4) is 0 Å². The lowest BCUT2D eigenvalue weighted by atomic mass is 10.1. The van der Waals surface area contributed by atoms with Crippen LogP contribution >= 0.6 is 0 Å². The minimum atomic E-state index is -0.934. The van der Waals surface area contributed by atoms with Gasteiger partial charge in [0.05, 0.1) is 0 Å². The lowest BCUT2D eigenvalue weighted by Gasteiger charge is -1.96. The van der Waals surface area contributed by atoms with Gasteiger partial charge >= 0.3 is 0 Å². The summed E-state index contributed by atoms with van der Waals surface area (Å²) in [5.74, 6) is -1.60. The van der Waals surface area contributed by atoms with E-state index in [4.69, 9.17) is 5.73 Å². The van der Waals surface area contributed by atoms with Crippen molar-refractivity contribution in [2.75, 3.05) is 0 Å². The number of nitrogens with one attached hydrogen (secondary N) is 1. The minimum Gasteiger partial charge on any atom is -0.363 e. The van der Waals surface area contributed by atoms with Gasteiger partial charge in [0.2, 0.25) is 5.78 Å². The number of benzene rings is 1. The highest BCUT2D eigenvalue weighted by Crippen LogP contribution is 2.14. The predicted octanol–water partition coefficient (Wildman–Crippen LogP) is 0.836. The highest BCUT2D eigenvalue weighted by molar-refractivity contribution is 6.42. The number of H-pyrrole nitrogens is 1. The Hall–Kier alpha value is -2.10. The number of hydrogen-bond acceptors (Lipinski definition) is 2. The molecule has 0 bridgehead atoms. The van der Waals surface area contributed by atoms with Gasteiger partial charge in [-0.3, -0.25) is 9.59 Å². The van der Waals surface area contributed by atoms with Gasteiger partial charge in [-0.15, -0.1) is 0 Å². The summed E-state index contributed by atoms with van der Waals surface area (Å²) in [5.41, 5.74) is 6.02. The number of ketones is 1. The van der Waals surface area contributed by atoms with E-state index in [-0.39, 0.29) is 0 Å². The summed E-state index contributed by atoms with van der Waals surface area (Å²) in [4.78, 5) is 24.8. The highest BCUT2D eigenvalue weighted by atomic mass is 16.2. The van der Waals surface area contributed by atoms with Gasteiger partial charge in [0, 0.05) is 17.3 Å². The van der Waals surface area contributed by atoms with Gasteiger partial charge in [-0.25, -0.2) is 0 Å². The molecule has 0 radical (unpaired) electrons. The van der Waals surface area contributed by atoms with Gasteiger partial charge in [-0.2, -0.15) is 0 Å². The molecular weight excluding hydrogens is 180 g/mol. The van der Waals surface area contributed by atoms with E-state index in [1.807, 2.05) is 6.07 Å². The second kappa shape index (κ2) is 2.99. The Kier molecular flexibility index (Phi) is 1.81. The quantitative estimate of drug-likeness (QED) is 0.541. The maximum absolute atomic E-state index is 11.2. The fraction of sp³-hybridized carbons (Fsp3) is 0. The second-order valence-corrected chi connectivity index (χ2v) is 2.97. The average molecular weight is 188 g/mol. The fourth-order valence-electron chi connectivity index (χ4n) is 1.33. The molecular formula is C10H8N2O2. The number of Topliss-reactive ketones (excluding diaryl/α,β-unsaturated/α-hetero) is 1. The Balaban J connectivity index is 2.54. The lowest BCUT2D eigenvalue weighted by molar-refractivity contribution is -0.114. The molecule has 0 saturated heterocycles. The number of aromatic nitrogens is 1. The molecule has 1 amide bonds. The first-order chi connectivity index (χ1) is 6.68. The SMILES string of the molecule is NC(=O)C(=O)c1ccc2cc[nH]c2c1. The molecule has 0 aliphatic rings. The summed E-state index contributed by atoms with van der Waals surface area (Å²) in [6.07, 6.45) is 1.77. The topological polar surface area (TPSA) is 76.0 Å². The molecule has 1 aromatic heterocycles. The van der Waals surface area contributed by atoms with Crippen molar-refractivity contribution in [2.24, 2.45) is 5.73 Å². The number of rotatable bonds is 2. The molecule has 2 rings (SSSR count). The molecule has 0 atom stereocenters. The summed E-state index contributed by atoms with van der Waals surface area (Å²) in [6.45, 7) is 0. The van der Waals surface area contributed by atoms with Gasteiger partial charge < -0.3 is 10.7 Å². The molecule has 0 fully saturated rings. The summed E-state index contributed by atoms with van der Waals surface area (Å²) in [7, 11) is 0. The highest BCUT2D eigenvalue weighted by Gasteiger charge is 2.12. The number of carbonyl (C=O) groups excluding carboxylic acids is 2. The molecule has 0 aliphatic carbocycles. The molecule has 3 N–H and O–H groups in total. The standard InChI is InChI=1S/C10H8N2O2/c11-10(14)9(13)7-2-1-6-3-4-12-8(6)5-7/h1-5,12H,(H2,11,14). The van der Waals surface area contributed by atoms with E-state index < -0.39 is 11.7 Å². The Bertz CT molecular complexity index is 514. The number of carbonyl (C=O) groups is 2. The van der Waals surface area contributed by atoms with E-state index in [9.17, 15) is 9.59 Å². The third kappa shape index (κ3) is 1.26. The number of primary amides is 1. The smallest absolute Gasteiger partial charge is 0.289 e. The van der Waals surface area contributed by atoms with Crippen LogP contribution in [0, 0.1) is 0 Å². The number of hydrogen-bond donors (Lipinski definition) is 2. The normalized spacial score (nSPS) is 10.3. The van der Waals surface area contributed by atoms with Crippen LogP contribution < -0.4 is 5.73 Å². The average Bonchev–Trinajstić information content (AvgIpc) is 2.62. The summed E-state index contributed by atoms with van der Waals surface area (Å²) in [5, 5.41) is 0.992. The molecule has 0 aliphatic heterocycles. The van der Waals surface area contributed by atoms with E-state index in [2.05, 4.69) is 4.98 Å². The molecule has 4 nitrogen and oxygen atoms in total. The summed E-state index contributed by atoms with van der Waals surface area (Å²) < 4.78 is 0. The van der Waals surface area contributed by atoms with Gasteiger partial charge in [0.15, 0.2) is 0 Å². The monoisotopic (exact) mass is 188 g/mol. The Labute approximate surface area is 79.7 Å². The van der Waals surface area contributed by atoms with Crippen LogP contribution in [0.25, 0.3) is 10.9 Å². The van der Waals surface area contributed by atoms with Crippen LogP contribution in [0.5, 0.6) is 0 Å². The molecule has 0 unspecified atom stereocenters. The van der Waals surface area contributed by atoms with Crippen molar-refractivity contribution in [3.63, 3.8) is 0 Å². The Morgan fingerprint density at radius 1 is 1.21 bits per heavy atom. The summed E-state index contributed by atoms with van der Waals surface area (Å²) >= 11 is 0. The molecule has 2 aromatic rings. The summed E-state index contributed by atoms with van der Waals surface area (Å²) in [6, 6.07) is 6.85. The fourth-order valence-corrected chi connectivity index (χ4v) is 1.33. The Morgan fingerprint density at radius 2 is 2.00 bits per heavy atom. The van der Waals surface area contributed by atoms with Crippen LogP contribution in [0.1, 0.15) is 10.4 Å². The van der Waals surface area contributed by atoms with Gasteiger partial charge in [0.1, 0.15) is 0 Å². The Morgan fingerprint density at radius 3 is 2.71 bits per heavy atom. The number of aromatic amines is 1. The molecule has 70 valence electrons. The van der Waals surface area contributed by atoms with Gasteiger partial charge in [-0.1, -0.05) is 12.1 Å². The van der Waals surface area contributed by atoms with Crippen LogP contribution in [0.2, 0.25) is 0 Å². The minimum absolute atomic E-state index is 0.312. The zero-order valence-electron chi connectivity index (χ0n) is 7.28. The van der Waals surface area contributed by atoms with Crippen LogP contribution in [0.3, 0.4) is 0 Å². The van der Waals surface area contributed by atoms with Crippen LogP contribution in [-0.4, -0.2) is 16.7 Å². The van der Waals surface area contributed by atoms with Crippen LogP contribution in [0.4, 0.5) is 0 Å². The predicted molar refractivity (Wildman–Crippen MR) is 51.8 cm³/mol. The van der Waals surface area contributed by atoms with Crippen molar-refractivity contribution < 1.29 is 9.59 Å². The second-order valence-electron chi connectivity index (χ2n) is 2.97. The van der Waals surface area contributed by atoms with Gasteiger partial charge in [0.25, 0.3) is 5.91 Å². The molecule has 0 spiro atoms. The van der Waals surface area contributed by atoms with Crippen LogP contribution in [-0.2, 0) is 4.79 Å². The van der Waals surface area contributed by atoms with Crippen molar-refractivity contribution in [3.05, 3.63) is 36.0 Å². The molecule has 1 heterocycles. The number of amides is 1. The first-order valence-corrected chi connectivity index (χ1v) is 4.10. The third-order valence-corrected chi connectivity index (χ3v) is 2.04. The van der Waals surface area contributed by atoms with Crippen molar-refractivity contribution in [2.45, 2.75) is 0 Å². The zero-order valence-corrected chi connectivity index (χ0v) is 7.28. The maximum atomic E-state index is 11.2. The van der Waals surface area contributed by atoms with E-state index in [1.165, 1.54) is 0 Å². The van der Waals surface area contributed by atoms with Crippen molar-refractivity contribution in [1.29, 1.82) is 0 Å².